The molecule has 0 saturated heterocycles. The van der Waals surface area contributed by atoms with E-state index in [0.717, 1.165) is 6.07 Å². The first kappa shape index (κ1) is 15.0. The van der Waals surface area contributed by atoms with Gasteiger partial charge in [0.15, 0.2) is 17.3 Å². The van der Waals surface area contributed by atoms with Gasteiger partial charge in [0.25, 0.3) is 11.6 Å². The predicted molar refractivity (Wildman–Crippen MR) is 75.1 cm³/mol. The van der Waals surface area contributed by atoms with Gasteiger partial charge < -0.3 is 5.32 Å². The predicted octanol–water partition coefficient (Wildman–Crippen LogP) is 3.89. The van der Waals surface area contributed by atoms with Crippen LogP contribution in [0.3, 0.4) is 0 Å². The number of rotatable bonds is 3. The van der Waals surface area contributed by atoms with Crippen molar-refractivity contribution in [2.24, 2.45) is 0 Å². The van der Waals surface area contributed by atoms with E-state index < -0.39 is 33.8 Å². The number of hydrogen-bond acceptors (Lipinski definition) is 3. The minimum atomic E-state index is -1.48. The Morgan fingerprint density at radius 3 is 2.48 bits per heavy atom. The van der Waals surface area contributed by atoms with Gasteiger partial charge >= 0.3 is 0 Å². The largest absolute Gasteiger partial charge is 0.314 e. The van der Waals surface area contributed by atoms with E-state index in [0.29, 0.717) is 10.5 Å². The van der Waals surface area contributed by atoms with Crippen molar-refractivity contribution in [3.63, 3.8) is 0 Å². The van der Waals surface area contributed by atoms with Gasteiger partial charge in [0.2, 0.25) is 0 Å². The Morgan fingerprint density at radius 2 is 1.86 bits per heavy atom. The van der Waals surface area contributed by atoms with E-state index in [1.165, 1.54) is 6.07 Å². The Kier molecular flexibility index (Phi) is 4.27. The maximum atomic E-state index is 13.7. The van der Waals surface area contributed by atoms with Crippen LogP contribution in [-0.2, 0) is 0 Å². The van der Waals surface area contributed by atoms with Gasteiger partial charge in [-0.2, -0.15) is 0 Å². The molecule has 1 amide bonds. The smallest absolute Gasteiger partial charge is 0.296 e. The second-order valence-corrected chi connectivity index (χ2v) is 4.80. The Labute approximate surface area is 125 Å². The summed E-state index contributed by atoms with van der Waals surface area (Å²) in [5.41, 5.74) is -1.40. The molecule has 0 unspecified atom stereocenters. The van der Waals surface area contributed by atoms with Gasteiger partial charge in [0.05, 0.1) is 10.5 Å². The second-order valence-electron chi connectivity index (χ2n) is 3.95. The molecule has 0 atom stereocenters. The van der Waals surface area contributed by atoms with Crippen molar-refractivity contribution < 1.29 is 18.5 Å². The van der Waals surface area contributed by atoms with Crippen molar-refractivity contribution in [3.8, 4) is 0 Å². The van der Waals surface area contributed by atoms with Crippen molar-refractivity contribution in [2.45, 2.75) is 0 Å². The quantitative estimate of drug-likeness (QED) is 0.669. The molecule has 0 radical (unpaired) electrons. The molecule has 0 heterocycles. The van der Waals surface area contributed by atoms with Crippen LogP contribution >= 0.6 is 15.9 Å². The highest BCUT2D eigenvalue weighted by molar-refractivity contribution is 9.10. The van der Waals surface area contributed by atoms with Crippen LogP contribution in [0.1, 0.15) is 10.4 Å². The summed E-state index contributed by atoms with van der Waals surface area (Å²) in [5.74, 6) is -3.57. The molecule has 2 rings (SSSR count). The van der Waals surface area contributed by atoms with Crippen LogP contribution in [0.5, 0.6) is 0 Å². The molecule has 0 aliphatic carbocycles. The molecular weight excluding hydrogens is 350 g/mol. The first-order valence-corrected chi connectivity index (χ1v) is 6.39. The Balaban J connectivity index is 2.44. The number of hydrogen-bond donors (Lipinski definition) is 1. The van der Waals surface area contributed by atoms with Crippen molar-refractivity contribution in [1.82, 2.24) is 0 Å². The Bertz CT molecular complexity index is 737. The summed E-state index contributed by atoms with van der Waals surface area (Å²) in [4.78, 5) is 21.9. The van der Waals surface area contributed by atoms with Crippen LogP contribution < -0.4 is 5.32 Å². The molecule has 1 N–H and O–H groups in total. The summed E-state index contributed by atoms with van der Waals surface area (Å²) in [6, 6.07) is 7.64. The molecule has 0 saturated carbocycles. The molecule has 0 aliphatic rings. The van der Waals surface area contributed by atoms with Gasteiger partial charge in [-0.15, -0.1) is 0 Å². The molecule has 0 aliphatic heterocycles. The molecule has 0 spiro atoms. The lowest BCUT2D eigenvalue weighted by Gasteiger charge is -2.08. The number of amides is 1. The summed E-state index contributed by atoms with van der Waals surface area (Å²) < 4.78 is 27.3. The highest BCUT2D eigenvalue weighted by atomic mass is 79.9. The number of benzene rings is 2. The van der Waals surface area contributed by atoms with Crippen LogP contribution in [0.4, 0.5) is 20.2 Å². The second kappa shape index (κ2) is 5.96. The monoisotopic (exact) mass is 356 g/mol. The normalized spacial score (nSPS) is 10.2. The number of nitrogens with one attached hydrogen (secondary N) is 1. The standard InChI is InChI=1S/C13H7BrF2N2O3/c14-8-4-2-1-3-7(8)13(19)17-12-10(18(20)21)6-5-9(15)11(12)16/h1-6H,(H,17,19). The van der Waals surface area contributed by atoms with Gasteiger partial charge in [-0.1, -0.05) is 12.1 Å². The SMILES string of the molecule is O=C(Nc1c([N+](=O)[O-])ccc(F)c1F)c1ccccc1Br. The Hall–Kier alpha value is -2.35. The lowest BCUT2D eigenvalue weighted by atomic mass is 10.2. The van der Waals surface area contributed by atoms with E-state index in [1.54, 1.807) is 18.2 Å². The van der Waals surface area contributed by atoms with Crippen molar-refractivity contribution in [2.75, 3.05) is 5.32 Å². The van der Waals surface area contributed by atoms with E-state index in [2.05, 4.69) is 15.9 Å². The van der Waals surface area contributed by atoms with Crippen LogP contribution in [0, 0.1) is 21.7 Å². The summed E-state index contributed by atoms with van der Waals surface area (Å²) in [6.45, 7) is 0. The molecule has 2 aromatic carbocycles. The van der Waals surface area contributed by atoms with E-state index in [9.17, 15) is 23.7 Å². The van der Waals surface area contributed by atoms with E-state index in [-0.39, 0.29) is 5.56 Å². The number of halogens is 3. The number of carbonyl (C=O) groups is 1. The molecule has 2 aromatic rings. The van der Waals surface area contributed by atoms with E-state index in [1.807, 2.05) is 5.32 Å². The highest BCUT2D eigenvalue weighted by Gasteiger charge is 2.24. The fourth-order valence-corrected chi connectivity index (χ4v) is 2.10. The lowest BCUT2D eigenvalue weighted by molar-refractivity contribution is -0.384. The summed E-state index contributed by atoms with van der Waals surface area (Å²) >= 11 is 3.13. The van der Waals surface area contributed by atoms with Gasteiger partial charge in [0.1, 0.15) is 0 Å². The zero-order chi connectivity index (χ0) is 15.6. The van der Waals surface area contributed by atoms with Crippen LogP contribution in [-0.4, -0.2) is 10.8 Å². The zero-order valence-electron chi connectivity index (χ0n) is 10.3. The van der Waals surface area contributed by atoms with Crippen molar-refractivity contribution in [1.29, 1.82) is 0 Å². The van der Waals surface area contributed by atoms with Crippen molar-refractivity contribution in [3.05, 3.63) is 68.2 Å². The number of anilines is 1. The first-order chi connectivity index (χ1) is 9.91. The summed E-state index contributed by atoms with van der Waals surface area (Å²) in [5, 5.41) is 12.9. The van der Waals surface area contributed by atoms with Crippen LogP contribution in [0.15, 0.2) is 40.9 Å². The Morgan fingerprint density at radius 1 is 1.19 bits per heavy atom. The van der Waals surface area contributed by atoms with Gasteiger partial charge in [-0.25, -0.2) is 8.78 Å². The fraction of sp³-hybridized carbons (Fsp3) is 0. The minimum absolute atomic E-state index is 0.135. The average molecular weight is 357 g/mol. The summed E-state index contributed by atoms with van der Waals surface area (Å²) in [6.07, 6.45) is 0. The maximum Gasteiger partial charge on any atom is 0.296 e. The minimum Gasteiger partial charge on any atom is -0.314 e. The number of nitro benzene ring substituents is 1. The van der Waals surface area contributed by atoms with Gasteiger partial charge in [0, 0.05) is 10.5 Å². The fourth-order valence-electron chi connectivity index (χ4n) is 1.64. The number of carbonyl (C=O) groups excluding carboxylic acids is 1. The number of nitrogens with zero attached hydrogens (tertiary/aromatic N) is 1. The molecule has 0 bridgehead atoms. The molecule has 108 valence electrons. The molecular formula is C13H7BrF2N2O3. The zero-order valence-corrected chi connectivity index (χ0v) is 11.9. The third-order valence-electron chi connectivity index (χ3n) is 2.63. The maximum absolute atomic E-state index is 13.7. The van der Waals surface area contributed by atoms with Crippen LogP contribution in [0.25, 0.3) is 0 Å². The van der Waals surface area contributed by atoms with Crippen molar-refractivity contribution >= 4 is 33.2 Å². The first-order valence-electron chi connectivity index (χ1n) is 5.60. The molecule has 8 heteroatoms. The molecule has 0 fully saturated rings. The third kappa shape index (κ3) is 3.05. The lowest BCUT2D eigenvalue weighted by Crippen LogP contribution is -2.15. The van der Waals surface area contributed by atoms with Gasteiger partial charge in [-0.05, 0) is 34.1 Å². The third-order valence-corrected chi connectivity index (χ3v) is 3.32. The molecule has 0 aromatic heterocycles. The van der Waals surface area contributed by atoms with Gasteiger partial charge in [-0.3, -0.25) is 14.9 Å². The van der Waals surface area contributed by atoms with E-state index in [4.69, 9.17) is 0 Å². The highest BCUT2D eigenvalue weighted by Crippen LogP contribution is 2.30. The molecule has 21 heavy (non-hydrogen) atoms. The number of nitro groups is 1. The van der Waals surface area contributed by atoms with E-state index >= 15 is 0 Å². The average Bonchev–Trinajstić information content (AvgIpc) is 2.44. The van der Waals surface area contributed by atoms with Crippen LogP contribution in [0.2, 0.25) is 0 Å². The topological polar surface area (TPSA) is 72.2 Å². The molecule has 5 nitrogen and oxygen atoms in total. The summed E-state index contributed by atoms with van der Waals surface area (Å²) in [7, 11) is 0.